The molecule has 9 nitrogen and oxygen atoms in total. The van der Waals surface area contributed by atoms with Gasteiger partial charge in [-0.05, 0) is 47.2 Å². The highest BCUT2D eigenvalue weighted by Crippen LogP contribution is 2.34. The second kappa shape index (κ2) is 9.69. The Morgan fingerprint density at radius 3 is 2.81 bits per heavy atom. The van der Waals surface area contributed by atoms with Crippen LogP contribution in [0.15, 0.2) is 22.3 Å². The van der Waals surface area contributed by atoms with Crippen molar-refractivity contribution in [1.29, 1.82) is 0 Å². The van der Waals surface area contributed by atoms with Crippen molar-refractivity contribution in [3.8, 4) is 11.5 Å². The molecule has 27 heavy (non-hydrogen) atoms. The second-order valence-electron chi connectivity index (χ2n) is 5.20. The number of carboxylic acid groups (broad SMARTS) is 1. The summed E-state index contributed by atoms with van der Waals surface area (Å²) in [5, 5.41) is 18.6. The molecule has 1 atom stereocenters. The summed E-state index contributed by atoms with van der Waals surface area (Å²) in [6.07, 6.45) is 1.17. The zero-order valence-corrected chi connectivity index (χ0v) is 17.4. The van der Waals surface area contributed by atoms with Gasteiger partial charge in [-0.1, -0.05) is 11.8 Å². The van der Waals surface area contributed by atoms with Crippen molar-refractivity contribution in [3.63, 3.8) is 0 Å². The Bertz CT molecular complexity index is 827. The van der Waals surface area contributed by atoms with Crippen LogP contribution in [0.3, 0.4) is 0 Å². The molecule has 1 aliphatic heterocycles. The highest BCUT2D eigenvalue weighted by Gasteiger charge is 2.32. The van der Waals surface area contributed by atoms with E-state index in [-0.39, 0.29) is 11.6 Å². The predicted molar refractivity (Wildman–Crippen MR) is 108 cm³/mol. The molecule has 1 heterocycles. The quantitative estimate of drug-likeness (QED) is 0.191. The number of amides is 1. The largest absolute Gasteiger partial charge is 0.490 e. The van der Waals surface area contributed by atoms with Crippen molar-refractivity contribution >= 4 is 63.6 Å². The molecule has 11 heteroatoms. The summed E-state index contributed by atoms with van der Waals surface area (Å²) in [7, 11) is 0. The minimum Gasteiger partial charge on any atom is -0.490 e. The van der Waals surface area contributed by atoms with Gasteiger partial charge in [0.05, 0.1) is 22.8 Å². The number of rotatable bonds is 7. The van der Waals surface area contributed by atoms with E-state index in [1.54, 1.807) is 12.1 Å². The van der Waals surface area contributed by atoms with Crippen molar-refractivity contribution in [1.82, 2.24) is 5.32 Å². The first-order valence-corrected chi connectivity index (χ1v) is 9.71. The maximum atomic E-state index is 11.7. The maximum absolute atomic E-state index is 11.7. The second-order valence-corrected chi connectivity index (χ2v) is 7.55. The lowest BCUT2D eigenvalue weighted by Gasteiger charge is -2.12. The highest BCUT2D eigenvalue weighted by molar-refractivity contribution is 14.1. The van der Waals surface area contributed by atoms with E-state index in [0.717, 1.165) is 11.8 Å². The van der Waals surface area contributed by atoms with Gasteiger partial charge in [-0.2, -0.15) is 5.10 Å². The molecule has 0 aliphatic carbocycles. The molecule has 1 aromatic carbocycles. The minimum absolute atomic E-state index is 0.235. The van der Waals surface area contributed by atoms with Crippen LogP contribution >= 0.6 is 34.4 Å². The Balaban J connectivity index is 2.16. The smallest absolute Gasteiger partial charge is 0.308 e. The van der Waals surface area contributed by atoms with E-state index >= 15 is 0 Å². The van der Waals surface area contributed by atoms with Crippen LogP contribution in [0.25, 0.3) is 0 Å². The number of nitrogens with one attached hydrogen (secondary N) is 1. The van der Waals surface area contributed by atoms with Gasteiger partial charge >= 0.3 is 11.9 Å². The van der Waals surface area contributed by atoms with Crippen LogP contribution in [-0.2, 0) is 14.4 Å². The molecule has 0 bridgehead atoms. The van der Waals surface area contributed by atoms with Crippen LogP contribution in [-0.4, -0.2) is 46.2 Å². The van der Waals surface area contributed by atoms with E-state index in [2.05, 4.69) is 15.5 Å². The summed E-state index contributed by atoms with van der Waals surface area (Å²) in [5.41, 5.74) is 0.652. The number of ether oxygens (including phenoxy) is 2. The van der Waals surface area contributed by atoms with Gasteiger partial charge in [-0.3, -0.25) is 14.4 Å². The summed E-state index contributed by atoms with van der Waals surface area (Å²) >= 11 is 3.04. The molecule has 0 spiro atoms. The lowest BCUT2D eigenvalue weighted by atomic mass is 10.2. The van der Waals surface area contributed by atoms with E-state index < -0.39 is 23.1 Å². The fraction of sp³-hybridized carbons (Fsp3) is 0.312. The van der Waals surface area contributed by atoms with Crippen molar-refractivity contribution < 1.29 is 29.0 Å². The Hall–Kier alpha value is -2.15. The first-order valence-electron chi connectivity index (χ1n) is 7.75. The number of hydrogen-bond acceptors (Lipinski definition) is 8. The van der Waals surface area contributed by atoms with Crippen LogP contribution in [0.1, 0.15) is 25.8 Å². The number of aliphatic carboxylic acids is 1. The number of carboxylic acids is 1. The van der Waals surface area contributed by atoms with E-state index in [9.17, 15) is 14.4 Å². The fourth-order valence-electron chi connectivity index (χ4n) is 2.06. The van der Waals surface area contributed by atoms with Crippen molar-refractivity contribution in [2.75, 3.05) is 6.61 Å². The fourth-order valence-corrected chi connectivity index (χ4v) is 3.71. The van der Waals surface area contributed by atoms with E-state index in [0.29, 0.717) is 27.2 Å². The maximum Gasteiger partial charge on any atom is 0.308 e. The number of nitrogens with zero attached hydrogens (tertiary/aromatic N) is 2. The number of thioether (sulfide) groups is 1. The molecule has 0 radical (unpaired) electrons. The van der Waals surface area contributed by atoms with Crippen LogP contribution in [0.2, 0.25) is 0 Å². The normalized spacial score (nSPS) is 18.0. The number of halogens is 1. The number of hydrogen-bond donors (Lipinski definition) is 2. The zero-order chi connectivity index (χ0) is 20.0. The van der Waals surface area contributed by atoms with E-state index in [4.69, 9.17) is 14.6 Å². The van der Waals surface area contributed by atoms with Gasteiger partial charge in [0.15, 0.2) is 16.7 Å². The summed E-state index contributed by atoms with van der Waals surface area (Å²) in [4.78, 5) is 33.6. The summed E-state index contributed by atoms with van der Waals surface area (Å²) in [6, 6.07) is 3.39. The summed E-state index contributed by atoms with van der Waals surface area (Å²) in [6.45, 7) is 3.51. The minimum atomic E-state index is -1.06. The first kappa shape index (κ1) is 21.2. The Morgan fingerprint density at radius 1 is 1.44 bits per heavy atom. The SMILES string of the molecule is CCOc1cc(C=NN=C2NC(=O)C(CC(=O)O)S2)cc(I)c1OC(C)=O. The van der Waals surface area contributed by atoms with Crippen LogP contribution in [0.5, 0.6) is 11.5 Å². The molecule has 1 saturated heterocycles. The van der Waals surface area contributed by atoms with E-state index in [1.165, 1.54) is 13.1 Å². The monoisotopic (exact) mass is 505 g/mol. The first-order chi connectivity index (χ1) is 12.8. The van der Waals surface area contributed by atoms with Gasteiger partial charge in [0.2, 0.25) is 5.91 Å². The van der Waals surface area contributed by atoms with Gasteiger partial charge < -0.3 is 19.9 Å². The predicted octanol–water partition coefficient (Wildman–Crippen LogP) is 2.01. The van der Waals surface area contributed by atoms with Crippen LogP contribution < -0.4 is 14.8 Å². The molecule has 1 amide bonds. The number of carbonyl (C=O) groups is 3. The molecule has 0 aromatic heterocycles. The molecule has 1 unspecified atom stereocenters. The topological polar surface area (TPSA) is 127 Å². The number of amidine groups is 1. The Labute approximate surface area is 172 Å². The average Bonchev–Trinajstić information content (AvgIpc) is 2.90. The van der Waals surface area contributed by atoms with Crippen molar-refractivity contribution in [2.24, 2.45) is 10.2 Å². The molecular formula is C16H16IN3O6S. The highest BCUT2D eigenvalue weighted by atomic mass is 127. The van der Waals surface area contributed by atoms with Gasteiger partial charge in [-0.15, -0.1) is 5.10 Å². The number of carbonyl (C=O) groups excluding carboxylic acids is 2. The van der Waals surface area contributed by atoms with Crippen molar-refractivity contribution in [3.05, 3.63) is 21.3 Å². The Kier molecular flexibility index (Phi) is 7.59. The van der Waals surface area contributed by atoms with Gasteiger partial charge in [0, 0.05) is 6.92 Å². The molecule has 1 aromatic rings. The Morgan fingerprint density at radius 2 is 2.19 bits per heavy atom. The third kappa shape index (κ3) is 6.20. The molecule has 0 saturated carbocycles. The lowest BCUT2D eigenvalue weighted by molar-refractivity contribution is -0.138. The lowest BCUT2D eigenvalue weighted by Crippen LogP contribution is -2.26. The van der Waals surface area contributed by atoms with Crippen molar-refractivity contribution in [2.45, 2.75) is 25.5 Å². The molecule has 1 fully saturated rings. The molecule has 1 aliphatic rings. The van der Waals surface area contributed by atoms with Gasteiger partial charge in [0.1, 0.15) is 5.25 Å². The number of benzene rings is 1. The summed E-state index contributed by atoms with van der Waals surface area (Å²) in [5.74, 6) is -1.18. The van der Waals surface area contributed by atoms with Gasteiger partial charge in [0.25, 0.3) is 0 Å². The third-order valence-electron chi connectivity index (χ3n) is 3.07. The van der Waals surface area contributed by atoms with Gasteiger partial charge in [-0.25, -0.2) is 0 Å². The molecule has 144 valence electrons. The van der Waals surface area contributed by atoms with E-state index in [1.807, 2.05) is 29.5 Å². The van der Waals surface area contributed by atoms with Crippen LogP contribution in [0.4, 0.5) is 0 Å². The molecule has 2 rings (SSSR count). The molecule has 2 N–H and O–H groups in total. The van der Waals surface area contributed by atoms with Crippen LogP contribution in [0, 0.1) is 3.57 Å². The number of esters is 1. The molecular weight excluding hydrogens is 489 g/mol. The summed E-state index contributed by atoms with van der Waals surface area (Å²) < 4.78 is 11.4. The zero-order valence-electron chi connectivity index (χ0n) is 14.4. The third-order valence-corrected chi connectivity index (χ3v) is 4.94. The standard InChI is InChI=1S/C16H16IN3O6S/c1-3-25-11-5-9(4-10(17)14(11)26-8(2)21)7-18-20-16-19-15(24)12(27-16)6-13(22)23/h4-5,7,12H,3,6H2,1-2H3,(H,22,23)(H,19,20,24). The average molecular weight is 505 g/mol.